The molecule has 108 valence electrons. The summed E-state index contributed by atoms with van der Waals surface area (Å²) in [7, 11) is 0. The second-order valence-corrected chi connectivity index (χ2v) is 6.34. The molecule has 1 aromatic carbocycles. The molecule has 0 bridgehead atoms. The molecule has 0 aliphatic rings. The van der Waals surface area contributed by atoms with E-state index in [1.807, 2.05) is 0 Å². The lowest BCUT2D eigenvalue weighted by atomic mass is 9.81. The van der Waals surface area contributed by atoms with Crippen LogP contribution in [0.1, 0.15) is 43.9 Å². The van der Waals surface area contributed by atoms with Crippen molar-refractivity contribution in [2.24, 2.45) is 11.7 Å². The summed E-state index contributed by atoms with van der Waals surface area (Å²) >= 11 is 0. The van der Waals surface area contributed by atoms with Crippen LogP contribution in [0.15, 0.2) is 18.2 Å². The number of nitrogens with two attached hydrogens (primary N) is 1. The fourth-order valence-electron chi connectivity index (χ4n) is 2.54. The fraction of sp³-hybridized carbons (Fsp3) is 0.647. The van der Waals surface area contributed by atoms with Gasteiger partial charge in [-0.3, -0.25) is 0 Å². The number of rotatable bonds is 7. The molecular weight excluding hydrogens is 232 g/mol. The third-order valence-corrected chi connectivity index (χ3v) is 4.03. The second-order valence-electron chi connectivity index (χ2n) is 6.34. The van der Waals surface area contributed by atoms with Crippen LogP contribution in [-0.2, 0) is 5.41 Å². The van der Waals surface area contributed by atoms with E-state index in [1.54, 1.807) is 0 Å². The Labute approximate surface area is 118 Å². The molecule has 0 saturated heterocycles. The molecule has 1 unspecified atom stereocenters. The predicted octanol–water partition coefficient (Wildman–Crippen LogP) is 3.16. The van der Waals surface area contributed by atoms with Crippen LogP contribution in [0.4, 0.5) is 0 Å². The Bertz CT molecular complexity index is 392. The average Bonchev–Trinajstić information content (AvgIpc) is 2.37. The van der Waals surface area contributed by atoms with Crippen molar-refractivity contribution in [1.82, 2.24) is 5.32 Å². The van der Waals surface area contributed by atoms with Crippen LogP contribution in [-0.4, -0.2) is 19.6 Å². The maximum atomic E-state index is 5.75. The van der Waals surface area contributed by atoms with E-state index in [2.05, 4.69) is 58.1 Å². The summed E-state index contributed by atoms with van der Waals surface area (Å²) in [5.41, 5.74) is 10.1. The highest BCUT2D eigenvalue weighted by Gasteiger charge is 2.22. The van der Waals surface area contributed by atoms with Crippen LogP contribution in [0.5, 0.6) is 0 Å². The van der Waals surface area contributed by atoms with Gasteiger partial charge in [0.1, 0.15) is 0 Å². The lowest BCUT2D eigenvalue weighted by molar-refractivity contribution is 0.414. The summed E-state index contributed by atoms with van der Waals surface area (Å²) in [6.45, 7) is 14.0. The second kappa shape index (κ2) is 7.06. The SMILES string of the molecule is CCC(CN)CNCC(C)(C)c1cc(C)ccc1C. The minimum absolute atomic E-state index is 0.156. The van der Waals surface area contributed by atoms with Gasteiger partial charge in [-0.15, -0.1) is 0 Å². The van der Waals surface area contributed by atoms with Crippen LogP contribution < -0.4 is 11.1 Å². The van der Waals surface area contributed by atoms with Gasteiger partial charge in [0.15, 0.2) is 0 Å². The molecule has 0 amide bonds. The molecular formula is C17H30N2. The zero-order chi connectivity index (χ0) is 14.5. The van der Waals surface area contributed by atoms with E-state index in [0.717, 1.165) is 26.1 Å². The molecule has 0 radical (unpaired) electrons. The Morgan fingerprint density at radius 1 is 1.26 bits per heavy atom. The van der Waals surface area contributed by atoms with E-state index >= 15 is 0 Å². The van der Waals surface area contributed by atoms with Gasteiger partial charge in [-0.1, -0.05) is 51.0 Å². The van der Waals surface area contributed by atoms with Crippen molar-refractivity contribution in [2.75, 3.05) is 19.6 Å². The smallest absolute Gasteiger partial charge is 0.00434 e. The first kappa shape index (κ1) is 16.2. The number of hydrogen-bond acceptors (Lipinski definition) is 2. The molecule has 0 aliphatic heterocycles. The zero-order valence-corrected chi connectivity index (χ0v) is 13.2. The van der Waals surface area contributed by atoms with E-state index in [0.29, 0.717) is 5.92 Å². The van der Waals surface area contributed by atoms with Crippen molar-refractivity contribution in [3.63, 3.8) is 0 Å². The summed E-state index contributed by atoms with van der Waals surface area (Å²) < 4.78 is 0. The van der Waals surface area contributed by atoms with E-state index in [4.69, 9.17) is 5.73 Å². The molecule has 0 saturated carbocycles. The van der Waals surface area contributed by atoms with Crippen molar-refractivity contribution in [3.8, 4) is 0 Å². The van der Waals surface area contributed by atoms with Crippen LogP contribution in [0.2, 0.25) is 0 Å². The Morgan fingerprint density at radius 2 is 1.95 bits per heavy atom. The minimum atomic E-state index is 0.156. The van der Waals surface area contributed by atoms with Gasteiger partial charge < -0.3 is 11.1 Å². The first-order chi connectivity index (χ1) is 8.90. The van der Waals surface area contributed by atoms with Crippen molar-refractivity contribution in [3.05, 3.63) is 34.9 Å². The quantitative estimate of drug-likeness (QED) is 0.792. The van der Waals surface area contributed by atoms with Crippen molar-refractivity contribution in [2.45, 2.75) is 46.5 Å². The topological polar surface area (TPSA) is 38.0 Å². The number of benzene rings is 1. The van der Waals surface area contributed by atoms with Gasteiger partial charge in [-0.25, -0.2) is 0 Å². The maximum absolute atomic E-state index is 5.75. The van der Waals surface area contributed by atoms with Crippen molar-refractivity contribution >= 4 is 0 Å². The molecule has 1 atom stereocenters. The molecule has 0 spiro atoms. The van der Waals surface area contributed by atoms with E-state index in [9.17, 15) is 0 Å². The van der Waals surface area contributed by atoms with Gasteiger partial charge in [0.05, 0.1) is 0 Å². The maximum Gasteiger partial charge on any atom is 0.00434 e. The first-order valence-corrected chi connectivity index (χ1v) is 7.39. The first-order valence-electron chi connectivity index (χ1n) is 7.39. The lowest BCUT2D eigenvalue weighted by Crippen LogP contribution is -2.37. The number of nitrogens with one attached hydrogen (secondary N) is 1. The van der Waals surface area contributed by atoms with Crippen molar-refractivity contribution in [1.29, 1.82) is 0 Å². The highest BCUT2D eigenvalue weighted by molar-refractivity contribution is 5.36. The lowest BCUT2D eigenvalue weighted by Gasteiger charge is -2.29. The van der Waals surface area contributed by atoms with Gasteiger partial charge in [0, 0.05) is 12.0 Å². The van der Waals surface area contributed by atoms with Gasteiger partial charge in [0.25, 0.3) is 0 Å². The van der Waals surface area contributed by atoms with E-state index < -0.39 is 0 Å². The fourth-order valence-corrected chi connectivity index (χ4v) is 2.54. The molecule has 2 nitrogen and oxygen atoms in total. The molecule has 2 heteroatoms. The van der Waals surface area contributed by atoms with Crippen LogP contribution in [0.3, 0.4) is 0 Å². The molecule has 0 aliphatic carbocycles. The summed E-state index contributed by atoms with van der Waals surface area (Å²) in [5.74, 6) is 0.592. The Balaban J connectivity index is 2.67. The molecule has 0 fully saturated rings. The monoisotopic (exact) mass is 262 g/mol. The van der Waals surface area contributed by atoms with Crippen molar-refractivity contribution < 1.29 is 0 Å². The molecule has 0 heterocycles. The van der Waals surface area contributed by atoms with Gasteiger partial charge in [0.2, 0.25) is 0 Å². The molecule has 0 aromatic heterocycles. The summed E-state index contributed by atoms with van der Waals surface area (Å²) in [6.07, 6.45) is 1.15. The third kappa shape index (κ3) is 4.63. The Hall–Kier alpha value is -0.860. The van der Waals surface area contributed by atoms with Crippen LogP contribution in [0, 0.1) is 19.8 Å². The molecule has 3 N–H and O–H groups in total. The van der Waals surface area contributed by atoms with E-state index in [1.165, 1.54) is 16.7 Å². The predicted molar refractivity (Wildman–Crippen MR) is 84.6 cm³/mol. The zero-order valence-electron chi connectivity index (χ0n) is 13.2. The highest BCUT2D eigenvalue weighted by atomic mass is 14.9. The summed E-state index contributed by atoms with van der Waals surface area (Å²) in [4.78, 5) is 0. The number of aryl methyl sites for hydroxylation is 2. The van der Waals surface area contributed by atoms with Gasteiger partial charge in [-0.2, -0.15) is 0 Å². The molecule has 1 aromatic rings. The normalized spacial score (nSPS) is 13.6. The Morgan fingerprint density at radius 3 is 2.53 bits per heavy atom. The number of hydrogen-bond donors (Lipinski definition) is 2. The van der Waals surface area contributed by atoms with Gasteiger partial charge in [-0.05, 0) is 44.0 Å². The third-order valence-electron chi connectivity index (χ3n) is 4.03. The average molecular weight is 262 g/mol. The highest BCUT2D eigenvalue weighted by Crippen LogP contribution is 2.26. The summed E-state index contributed by atoms with van der Waals surface area (Å²) in [6, 6.07) is 6.72. The van der Waals surface area contributed by atoms with Gasteiger partial charge >= 0.3 is 0 Å². The minimum Gasteiger partial charge on any atom is -0.330 e. The van der Waals surface area contributed by atoms with Crippen LogP contribution >= 0.6 is 0 Å². The molecule has 1 rings (SSSR count). The largest absolute Gasteiger partial charge is 0.330 e. The standard InChI is InChI=1S/C17H30N2/c1-6-15(10-18)11-19-12-17(4,5)16-9-13(2)7-8-14(16)3/h7-9,15,19H,6,10-12,18H2,1-5H3. The van der Waals surface area contributed by atoms with Crippen LogP contribution in [0.25, 0.3) is 0 Å². The Kier molecular flexibility index (Phi) is 6.02. The molecule has 19 heavy (non-hydrogen) atoms. The summed E-state index contributed by atoms with van der Waals surface area (Å²) in [5, 5.41) is 3.59. The van der Waals surface area contributed by atoms with E-state index in [-0.39, 0.29) is 5.41 Å².